The van der Waals surface area contributed by atoms with Crippen molar-refractivity contribution in [1.29, 1.82) is 0 Å². The van der Waals surface area contributed by atoms with Gasteiger partial charge in [-0.2, -0.15) is 10.1 Å². The number of aromatic nitrogens is 4. The molecule has 5 fully saturated rings. The molecule has 1 N–H and O–H groups in total. The van der Waals surface area contributed by atoms with Crippen LogP contribution in [-0.4, -0.2) is 50.2 Å². The molecule has 2 aliphatic heterocycles. The van der Waals surface area contributed by atoms with Gasteiger partial charge in [0.05, 0.1) is 12.1 Å². The van der Waals surface area contributed by atoms with Crippen molar-refractivity contribution >= 4 is 22.6 Å². The summed E-state index contributed by atoms with van der Waals surface area (Å²) in [6, 6.07) is 5.29. The van der Waals surface area contributed by atoms with Gasteiger partial charge < -0.3 is 19.4 Å². The first kappa shape index (κ1) is 20.1. The molecule has 10 heteroatoms. The number of halogens is 1. The number of hydrogen-bond acceptors (Lipinski definition) is 6. The van der Waals surface area contributed by atoms with Gasteiger partial charge in [-0.05, 0) is 43.9 Å². The highest BCUT2D eigenvalue weighted by atomic mass is 19.1. The summed E-state index contributed by atoms with van der Waals surface area (Å²) < 4.78 is 28.5. The monoisotopic (exact) mass is 465 g/mol. The van der Waals surface area contributed by atoms with Crippen LogP contribution in [0, 0.1) is 0 Å². The molecular formula is C24H24FN5O4. The van der Waals surface area contributed by atoms with E-state index in [9.17, 15) is 14.0 Å². The highest BCUT2D eigenvalue weighted by molar-refractivity contribution is 6.07. The Labute approximate surface area is 193 Å². The summed E-state index contributed by atoms with van der Waals surface area (Å²) in [5.41, 5.74) is -0.322. The summed E-state index contributed by atoms with van der Waals surface area (Å²) in [6.07, 6.45) is 8.52. The van der Waals surface area contributed by atoms with Crippen LogP contribution in [0.4, 0.5) is 10.1 Å². The molecule has 0 radical (unpaired) electrons. The molecule has 0 aromatic carbocycles. The maximum Gasteiger partial charge on any atom is 0.274 e. The molecule has 3 aromatic rings. The van der Waals surface area contributed by atoms with Gasteiger partial charge in [0.25, 0.3) is 11.5 Å². The zero-order valence-corrected chi connectivity index (χ0v) is 18.5. The van der Waals surface area contributed by atoms with Crippen molar-refractivity contribution in [2.75, 3.05) is 18.6 Å². The first-order valence-corrected chi connectivity index (χ1v) is 11.8. The molecule has 3 aliphatic carbocycles. The van der Waals surface area contributed by atoms with Gasteiger partial charge in [0, 0.05) is 36.7 Å². The molecule has 5 aliphatic rings. The van der Waals surface area contributed by atoms with Gasteiger partial charge in [-0.1, -0.05) is 0 Å². The number of fused-ring (bicyclic) bond motifs is 2. The van der Waals surface area contributed by atoms with Gasteiger partial charge in [0.1, 0.15) is 29.6 Å². The number of hydrogen-bond donors (Lipinski definition) is 1. The van der Waals surface area contributed by atoms with E-state index in [2.05, 4.69) is 15.4 Å². The van der Waals surface area contributed by atoms with Crippen LogP contribution in [0.3, 0.4) is 0 Å². The van der Waals surface area contributed by atoms with E-state index in [1.54, 1.807) is 33.6 Å². The molecule has 0 unspecified atom stereocenters. The minimum atomic E-state index is -0.681. The van der Waals surface area contributed by atoms with E-state index in [0.717, 1.165) is 25.7 Å². The maximum atomic E-state index is 13.4. The second-order valence-corrected chi connectivity index (χ2v) is 10.1. The van der Waals surface area contributed by atoms with Crippen LogP contribution in [-0.2, 0) is 10.3 Å². The van der Waals surface area contributed by atoms with Crippen LogP contribution in [0.15, 0.2) is 35.4 Å². The van der Waals surface area contributed by atoms with Crippen molar-refractivity contribution < 1.29 is 18.7 Å². The Balaban J connectivity index is 1.23. The zero-order valence-electron chi connectivity index (χ0n) is 18.5. The highest BCUT2D eigenvalue weighted by Gasteiger charge is 2.64. The molecule has 2 saturated heterocycles. The van der Waals surface area contributed by atoms with Gasteiger partial charge in [-0.3, -0.25) is 14.3 Å². The van der Waals surface area contributed by atoms with Crippen LogP contribution in [0.25, 0.3) is 11.0 Å². The number of pyridine rings is 2. The number of carbonyl (C=O) groups excluding carboxylic acids is 1. The summed E-state index contributed by atoms with van der Waals surface area (Å²) in [7, 11) is 0. The van der Waals surface area contributed by atoms with E-state index in [4.69, 9.17) is 9.47 Å². The quantitative estimate of drug-likeness (QED) is 0.576. The first-order valence-electron chi connectivity index (χ1n) is 11.8. The van der Waals surface area contributed by atoms with E-state index in [0.29, 0.717) is 30.5 Å². The standard InChI is InChI=1S/C24H24FN5O4/c25-12-24-10-23(11-24,13-33-24)30-9-14-8-17(21(27-19(14)28-30)34-16-5-6-16)20(31)26-18-2-1-7-29(22(18)32)15-3-4-15/h1-2,7-9,15-16H,3-6,10-13H2,(H,26,31). The fraction of sp³-hybridized carbons (Fsp3) is 0.500. The summed E-state index contributed by atoms with van der Waals surface area (Å²) in [6.45, 7) is -0.0929. The summed E-state index contributed by atoms with van der Waals surface area (Å²) in [5.74, 6) is -0.242. The minimum absolute atomic E-state index is 0.0287. The van der Waals surface area contributed by atoms with E-state index in [1.807, 2.05) is 6.20 Å². The smallest absolute Gasteiger partial charge is 0.274 e. The molecule has 3 aromatic heterocycles. The molecule has 34 heavy (non-hydrogen) atoms. The van der Waals surface area contributed by atoms with Crippen LogP contribution < -0.4 is 15.6 Å². The lowest BCUT2D eigenvalue weighted by Gasteiger charge is -2.42. The topological polar surface area (TPSA) is 100 Å². The lowest BCUT2D eigenvalue weighted by atomic mass is 9.69. The molecule has 2 bridgehead atoms. The minimum Gasteiger partial charge on any atom is -0.474 e. The van der Waals surface area contributed by atoms with E-state index in [1.165, 1.54) is 0 Å². The fourth-order valence-corrected chi connectivity index (χ4v) is 5.22. The van der Waals surface area contributed by atoms with Crippen molar-refractivity contribution in [3.05, 3.63) is 46.5 Å². The molecule has 5 heterocycles. The predicted molar refractivity (Wildman–Crippen MR) is 120 cm³/mol. The Morgan fingerprint density at radius 1 is 1.29 bits per heavy atom. The molecule has 3 saturated carbocycles. The largest absolute Gasteiger partial charge is 0.474 e. The Kier molecular flexibility index (Phi) is 4.07. The van der Waals surface area contributed by atoms with Crippen molar-refractivity contribution in [3.8, 4) is 5.88 Å². The molecule has 9 nitrogen and oxygen atoms in total. The first-order chi connectivity index (χ1) is 16.5. The average Bonchev–Trinajstić information content (AvgIpc) is 3.71. The number of nitrogens with zero attached hydrogens (tertiary/aromatic N) is 4. The summed E-state index contributed by atoms with van der Waals surface area (Å²) in [4.78, 5) is 30.6. The molecule has 176 valence electrons. The van der Waals surface area contributed by atoms with Gasteiger partial charge in [0.15, 0.2) is 5.65 Å². The number of amides is 1. The number of carbonyl (C=O) groups is 1. The van der Waals surface area contributed by atoms with Crippen molar-refractivity contribution in [3.63, 3.8) is 0 Å². The number of anilines is 1. The highest BCUT2D eigenvalue weighted by Crippen LogP contribution is 2.56. The Bertz CT molecular complexity index is 1380. The molecule has 8 rings (SSSR count). The summed E-state index contributed by atoms with van der Waals surface area (Å²) in [5, 5.41) is 8.07. The lowest BCUT2D eigenvalue weighted by Crippen LogP contribution is -2.52. The van der Waals surface area contributed by atoms with Crippen molar-refractivity contribution in [1.82, 2.24) is 19.3 Å². The maximum absolute atomic E-state index is 13.4. The average molecular weight is 465 g/mol. The Hall–Kier alpha value is -3.27. The van der Waals surface area contributed by atoms with E-state index >= 15 is 0 Å². The Morgan fingerprint density at radius 2 is 2.12 bits per heavy atom. The zero-order chi connectivity index (χ0) is 23.1. The molecule has 0 spiro atoms. The van der Waals surface area contributed by atoms with Crippen LogP contribution in [0.5, 0.6) is 5.88 Å². The Morgan fingerprint density at radius 3 is 2.82 bits per heavy atom. The van der Waals surface area contributed by atoms with Crippen molar-refractivity contribution in [2.45, 2.75) is 61.8 Å². The van der Waals surface area contributed by atoms with E-state index < -0.39 is 18.2 Å². The van der Waals surface area contributed by atoms with Gasteiger partial charge in [-0.25, -0.2) is 4.39 Å². The fourth-order valence-electron chi connectivity index (χ4n) is 5.22. The number of nitrogens with one attached hydrogen (secondary N) is 1. The SMILES string of the molecule is O=C(Nc1cccn(C2CC2)c1=O)c1cc2cn(C34COC(CF)(C3)C4)nc2nc1OC1CC1. The molecular weight excluding hydrogens is 441 g/mol. The molecule has 1 amide bonds. The third kappa shape index (κ3) is 3.08. The van der Waals surface area contributed by atoms with E-state index in [-0.39, 0.29) is 40.4 Å². The third-order valence-corrected chi connectivity index (χ3v) is 7.35. The molecule has 0 atom stereocenters. The lowest BCUT2D eigenvalue weighted by molar-refractivity contribution is -0.0336. The second kappa shape index (κ2) is 6.88. The predicted octanol–water partition coefficient (Wildman–Crippen LogP) is 2.95. The van der Waals surface area contributed by atoms with Gasteiger partial charge >= 0.3 is 0 Å². The van der Waals surface area contributed by atoms with Gasteiger partial charge in [0.2, 0.25) is 5.88 Å². The number of rotatable bonds is 7. The van der Waals surface area contributed by atoms with Crippen molar-refractivity contribution in [2.24, 2.45) is 0 Å². The van der Waals surface area contributed by atoms with Crippen LogP contribution >= 0.6 is 0 Å². The van der Waals surface area contributed by atoms with Gasteiger partial charge in [-0.15, -0.1) is 0 Å². The van der Waals surface area contributed by atoms with Crippen LogP contribution in [0.1, 0.15) is 54.9 Å². The second-order valence-electron chi connectivity index (χ2n) is 10.1. The third-order valence-electron chi connectivity index (χ3n) is 7.35. The number of ether oxygens (including phenoxy) is 2. The number of alkyl halides is 1. The van der Waals surface area contributed by atoms with Crippen LogP contribution in [0.2, 0.25) is 0 Å². The normalized spacial score (nSPS) is 27.6. The summed E-state index contributed by atoms with van der Waals surface area (Å²) >= 11 is 0.